The molecule has 1 aliphatic heterocycles. The summed E-state index contributed by atoms with van der Waals surface area (Å²) < 4.78 is 0. The first-order chi connectivity index (χ1) is 9.81. The molecular weight excluding hydrogens is 252 g/mol. The molecule has 1 aliphatic rings. The van der Waals surface area contributed by atoms with Gasteiger partial charge in [0.05, 0.1) is 18.0 Å². The normalized spacial score (nSPS) is 17.6. The molecule has 3 rings (SSSR count). The number of hydrogen-bond donors (Lipinski definition) is 2. The van der Waals surface area contributed by atoms with Crippen molar-refractivity contribution in [1.29, 1.82) is 0 Å². The Labute approximate surface area is 117 Å². The molecule has 4 heteroatoms. The van der Waals surface area contributed by atoms with Crippen LogP contribution in [-0.4, -0.2) is 24.2 Å². The van der Waals surface area contributed by atoms with E-state index in [1.54, 1.807) is 4.90 Å². The number of nitrogens with one attached hydrogen (secondary N) is 1. The highest BCUT2D eigenvalue weighted by atomic mass is 16.3. The number of carbonyl (C=O) groups excluding carboxylic acids is 1. The van der Waals surface area contributed by atoms with Crippen molar-refractivity contribution in [3.05, 3.63) is 60.2 Å². The van der Waals surface area contributed by atoms with Gasteiger partial charge in [0.2, 0.25) is 0 Å². The number of fused-ring (bicyclic) bond motifs is 1. The van der Waals surface area contributed by atoms with Gasteiger partial charge >= 0.3 is 0 Å². The molecule has 4 nitrogen and oxygen atoms in total. The monoisotopic (exact) mass is 268 g/mol. The highest BCUT2D eigenvalue weighted by Gasteiger charge is 2.32. The van der Waals surface area contributed by atoms with E-state index in [2.05, 4.69) is 5.32 Å². The second kappa shape index (κ2) is 5.35. The van der Waals surface area contributed by atoms with Crippen LogP contribution in [0.3, 0.4) is 0 Å². The number of rotatable bonds is 3. The third-order valence-electron chi connectivity index (χ3n) is 3.46. The quantitative estimate of drug-likeness (QED) is 0.897. The third kappa shape index (κ3) is 2.14. The van der Waals surface area contributed by atoms with Crippen LogP contribution in [0.5, 0.6) is 0 Å². The lowest BCUT2D eigenvalue weighted by Crippen LogP contribution is -2.43. The Morgan fingerprint density at radius 2 is 1.75 bits per heavy atom. The molecule has 0 spiro atoms. The maximum Gasteiger partial charge on any atom is 0.254 e. The van der Waals surface area contributed by atoms with Crippen molar-refractivity contribution < 1.29 is 9.90 Å². The molecule has 0 saturated carbocycles. The fraction of sp³-hybridized carbons (Fsp3) is 0.188. The van der Waals surface area contributed by atoms with E-state index in [1.165, 1.54) is 0 Å². The Hall–Kier alpha value is -2.33. The largest absolute Gasteiger partial charge is 0.395 e. The Morgan fingerprint density at radius 3 is 2.50 bits per heavy atom. The number of aliphatic hydroxyl groups is 1. The molecule has 0 aliphatic carbocycles. The van der Waals surface area contributed by atoms with E-state index in [1.807, 2.05) is 54.6 Å². The Morgan fingerprint density at radius 1 is 1.05 bits per heavy atom. The van der Waals surface area contributed by atoms with Crippen molar-refractivity contribution in [2.24, 2.45) is 0 Å². The molecule has 1 atom stereocenters. The first-order valence-electron chi connectivity index (χ1n) is 6.64. The number of amides is 1. The van der Waals surface area contributed by atoms with Crippen molar-refractivity contribution >= 4 is 17.3 Å². The number of anilines is 2. The topological polar surface area (TPSA) is 52.6 Å². The van der Waals surface area contributed by atoms with Gasteiger partial charge in [0.1, 0.15) is 6.04 Å². The zero-order valence-electron chi connectivity index (χ0n) is 11.0. The van der Waals surface area contributed by atoms with Gasteiger partial charge in [0.15, 0.2) is 0 Å². The molecule has 1 unspecified atom stereocenters. The van der Waals surface area contributed by atoms with E-state index in [0.29, 0.717) is 6.54 Å². The first kappa shape index (κ1) is 12.7. The van der Waals surface area contributed by atoms with Crippen LogP contribution < -0.4 is 10.2 Å². The molecule has 2 aromatic carbocycles. The van der Waals surface area contributed by atoms with Gasteiger partial charge in [-0.1, -0.05) is 42.5 Å². The summed E-state index contributed by atoms with van der Waals surface area (Å²) in [5, 5.41) is 12.5. The number of nitrogens with zero attached hydrogens (tertiary/aromatic N) is 1. The highest BCUT2D eigenvalue weighted by Crippen LogP contribution is 2.35. The van der Waals surface area contributed by atoms with Crippen LogP contribution in [-0.2, 0) is 4.79 Å². The van der Waals surface area contributed by atoms with Crippen LogP contribution in [0.2, 0.25) is 0 Å². The second-order valence-corrected chi connectivity index (χ2v) is 4.72. The number of β-amino-alcohol motifs (C(OH)–C–C–N with tert-alkyl or cyclic N) is 1. The van der Waals surface area contributed by atoms with Gasteiger partial charge in [-0.05, 0) is 17.7 Å². The van der Waals surface area contributed by atoms with Crippen molar-refractivity contribution in [2.45, 2.75) is 6.04 Å². The van der Waals surface area contributed by atoms with E-state index in [4.69, 9.17) is 0 Å². The molecule has 0 bridgehead atoms. The molecule has 1 heterocycles. The van der Waals surface area contributed by atoms with Gasteiger partial charge in [-0.2, -0.15) is 0 Å². The van der Waals surface area contributed by atoms with Crippen LogP contribution in [0.25, 0.3) is 0 Å². The van der Waals surface area contributed by atoms with Crippen molar-refractivity contribution in [1.82, 2.24) is 0 Å². The molecule has 20 heavy (non-hydrogen) atoms. The maximum atomic E-state index is 12.6. The molecule has 0 fully saturated rings. The summed E-state index contributed by atoms with van der Waals surface area (Å²) >= 11 is 0. The summed E-state index contributed by atoms with van der Waals surface area (Å²) in [6.07, 6.45) is 0. The molecule has 2 N–H and O–H groups in total. The summed E-state index contributed by atoms with van der Waals surface area (Å²) in [5.74, 6) is -0.0380. The Kier molecular flexibility index (Phi) is 3.39. The summed E-state index contributed by atoms with van der Waals surface area (Å²) in [5.41, 5.74) is 2.66. The smallest absolute Gasteiger partial charge is 0.254 e. The van der Waals surface area contributed by atoms with Gasteiger partial charge in [-0.25, -0.2) is 0 Å². The van der Waals surface area contributed by atoms with Crippen LogP contribution in [0.15, 0.2) is 54.6 Å². The molecule has 102 valence electrons. The summed E-state index contributed by atoms with van der Waals surface area (Å²) in [4.78, 5) is 14.3. The van der Waals surface area contributed by atoms with Crippen LogP contribution in [0.1, 0.15) is 11.6 Å². The zero-order valence-corrected chi connectivity index (χ0v) is 11.0. The molecule has 2 aromatic rings. The van der Waals surface area contributed by atoms with E-state index >= 15 is 0 Å². The number of carbonyl (C=O) groups is 1. The van der Waals surface area contributed by atoms with Crippen molar-refractivity contribution in [2.75, 3.05) is 23.4 Å². The van der Waals surface area contributed by atoms with Gasteiger partial charge < -0.3 is 15.3 Å². The van der Waals surface area contributed by atoms with Gasteiger partial charge in [-0.3, -0.25) is 4.79 Å². The standard InChI is InChI=1S/C16H16N2O2/c19-11-10-18-14-9-5-4-8-13(14)17-15(16(18)20)12-6-2-1-3-7-12/h1-9,15,17,19H,10-11H2. The Balaban J connectivity index is 2.02. The lowest BCUT2D eigenvalue weighted by Gasteiger charge is -2.35. The SMILES string of the molecule is O=C1C(c2ccccc2)Nc2ccccc2N1CCO. The predicted octanol–water partition coefficient (Wildman–Crippen LogP) is 2.18. The fourth-order valence-corrected chi connectivity index (χ4v) is 2.52. The van der Waals surface area contributed by atoms with Crippen molar-refractivity contribution in [3.8, 4) is 0 Å². The van der Waals surface area contributed by atoms with E-state index in [9.17, 15) is 9.90 Å². The molecule has 0 aromatic heterocycles. The summed E-state index contributed by atoms with van der Waals surface area (Å²) in [6.45, 7) is 0.252. The average molecular weight is 268 g/mol. The minimum absolute atomic E-state index is 0.0380. The van der Waals surface area contributed by atoms with Crippen LogP contribution >= 0.6 is 0 Å². The van der Waals surface area contributed by atoms with Crippen LogP contribution in [0.4, 0.5) is 11.4 Å². The van der Waals surface area contributed by atoms with Gasteiger partial charge in [-0.15, -0.1) is 0 Å². The first-order valence-corrected chi connectivity index (χ1v) is 6.64. The highest BCUT2D eigenvalue weighted by molar-refractivity contribution is 6.05. The summed E-state index contributed by atoms with van der Waals surface area (Å²) in [7, 11) is 0. The minimum Gasteiger partial charge on any atom is -0.395 e. The third-order valence-corrected chi connectivity index (χ3v) is 3.46. The molecule has 0 radical (unpaired) electrons. The second-order valence-electron chi connectivity index (χ2n) is 4.72. The van der Waals surface area contributed by atoms with Crippen LogP contribution in [0, 0.1) is 0 Å². The van der Waals surface area contributed by atoms with Gasteiger partial charge in [0.25, 0.3) is 5.91 Å². The van der Waals surface area contributed by atoms with E-state index < -0.39 is 6.04 Å². The van der Waals surface area contributed by atoms with Gasteiger partial charge in [0, 0.05) is 6.54 Å². The maximum absolute atomic E-state index is 12.6. The summed E-state index contributed by atoms with van der Waals surface area (Å²) in [6, 6.07) is 16.9. The number of benzene rings is 2. The zero-order chi connectivity index (χ0) is 13.9. The number of hydrogen-bond acceptors (Lipinski definition) is 3. The molecule has 1 amide bonds. The fourth-order valence-electron chi connectivity index (χ4n) is 2.52. The molecular formula is C16H16N2O2. The lowest BCUT2D eigenvalue weighted by atomic mass is 10.0. The number of aliphatic hydroxyl groups excluding tert-OH is 1. The van der Waals surface area contributed by atoms with E-state index in [0.717, 1.165) is 16.9 Å². The lowest BCUT2D eigenvalue weighted by molar-refractivity contribution is -0.119. The molecule has 0 saturated heterocycles. The average Bonchev–Trinajstić information content (AvgIpc) is 2.51. The van der Waals surface area contributed by atoms with Crippen molar-refractivity contribution in [3.63, 3.8) is 0 Å². The van der Waals surface area contributed by atoms with E-state index in [-0.39, 0.29) is 12.5 Å². The minimum atomic E-state index is -0.405. The number of para-hydroxylation sites is 2. The Bertz CT molecular complexity index is 613. The predicted molar refractivity (Wildman–Crippen MR) is 78.7 cm³/mol.